The van der Waals surface area contributed by atoms with E-state index in [1.54, 1.807) is 0 Å². The molecule has 0 amide bonds. The topological polar surface area (TPSA) is 148 Å². The van der Waals surface area contributed by atoms with Gasteiger partial charge in [-0.15, -0.1) is 0 Å². The van der Waals surface area contributed by atoms with Gasteiger partial charge in [0.1, 0.15) is 0 Å². The molecule has 4 atom stereocenters. The van der Waals surface area contributed by atoms with Crippen molar-refractivity contribution in [2.75, 3.05) is 28.2 Å². The van der Waals surface area contributed by atoms with E-state index in [1.807, 2.05) is 0 Å². The van der Waals surface area contributed by atoms with Crippen molar-refractivity contribution in [3.8, 4) is 0 Å². The first-order chi connectivity index (χ1) is 19.0. The van der Waals surface area contributed by atoms with Crippen LogP contribution in [0.25, 0.3) is 0 Å². The zero-order chi connectivity index (χ0) is 30.8. The van der Waals surface area contributed by atoms with Crippen molar-refractivity contribution in [3.05, 3.63) is 29.7 Å². The summed E-state index contributed by atoms with van der Waals surface area (Å²) in [5, 5.41) is 15.6. The summed E-state index contributed by atoms with van der Waals surface area (Å²) in [6.07, 6.45) is 26.7. The van der Waals surface area contributed by atoms with Crippen LogP contribution in [0.3, 0.4) is 0 Å². The molecule has 4 saturated carbocycles. The zero-order valence-electron chi connectivity index (χ0n) is 31.4. The van der Waals surface area contributed by atoms with Crippen LogP contribution in [-0.2, 0) is 52.6 Å². The Morgan fingerprint density at radius 1 is 0.592 bits per heavy atom. The van der Waals surface area contributed by atoms with E-state index in [1.165, 1.54) is 116 Å². The van der Waals surface area contributed by atoms with Gasteiger partial charge in [-0.05, 0) is 88.7 Å². The Hall–Kier alpha value is 0.984. The van der Waals surface area contributed by atoms with Gasteiger partial charge in [-0.3, -0.25) is 0 Å². The monoisotopic (exact) mass is 830 g/mol. The second kappa shape index (κ2) is 55.7. The summed E-state index contributed by atoms with van der Waals surface area (Å²) in [5.41, 5.74) is 0. The number of nitrogens with zero attached hydrogens (tertiary/aromatic N) is 2. The van der Waals surface area contributed by atoms with Gasteiger partial charge in [0, 0.05) is 26.6 Å². The summed E-state index contributed by atoms with van der Waals surface area (Å²) >= 11 is 0. The SMILES string of the molecule is C.C.C1CCCC1.C1CCCC1.C[C@H](C1CCCC1)N(C)C.C[C@H](C1CCCC1)N(C)C.O=[P+]([O-])OO.O=[P+]([O-])O[O-].[B].[CH3-].[CH3-].[CH3-].[CH3-].[Fe+2].[Fe+2].[HH]. The minimum absolute atomic E-state index is 0. The van der Waals surface area contributed by atoms with Crippen molar-refractivity contribution in [2.24, 2.45) is 11.8 Å². The normalized spacial score (nSPS) is 17.0. The van der Waals surface area contributed by atoms with E-state index in [0.717, 1.165) is 23.9 Å². The van der Waals surface area contributed by atoms with Crippen LogP contribution in [0.2, 0.25) is 0 Å². The maximum atomic E-state index is 8.93. The molecule has 0 aromatic heterocycles. The van der Waals surface area contributed by atoms with E-state index in [4.69, 9.17) is 29.4 Å². The fourth-order valence-electron chi connectivity index (χ4n) is 5.49. The molecule has 3 radical (unpaired) electrons. The molecule has 4 aliphatic carbocycles. The van der Waals surface area contributed by atoms with Crippen molar-refractivity contribution < 1.29 is 74.3 Å². The van der Waals surface area contributed by atoms with Crippen LogP contribution >= 0.6 is 16.5 Å². The van der Waals surface area contributed by atoms with Gasteiger partial charge >= 0.3 is 50.6 Å². The summed E-state index contributed by atoms with van der Waals surface area (Å²) < 4.78 is 23.0. The average Bonchev–Trinajstić information content (AvgIpc) is 3.78. The Kier molecular flexibility index (Phi) is 89.8. The van der Waals surface area contributed by atoms with Gasteiger partial charge in [-0.1, -0.05) is 105 Å². The van der Waals surface area contributed by atoms with Crippen LogP contribution in [0.5, 0.6) is 0 Å². The standard InChI is InChI=1S/2C9H19N.2C5H10.2CH4.4CH3.B.2Fe.2HO4P.H2/c2*1-8(10(2)3)9-6-4-5-7-9;2*1-2-4-5-3-1;;;;;;;;;;2*1-4-5(2)3;/h2*8-9H,4-7H2,1-3H3;2*1-5H2;2*1H4;4*1H3;;;;2*1H;1H/q;;;;;;4*-1;;2*+2;;;/p-1/t2*8-;;;;;;;;;;;;;;/m11............../s1. The second-order valence-electron chi connectivity index (χ2n) is 11.6. The van der Waals surface area contributed by atoms with Crippen LogP contribution in [-0.4, -0.2) is 63.7 Å². The molecule has 1 N–H and O–H groups in total. The summed E-state index contributed by atoms with van der Waals surface area (Å²) in [5.74, 6) is 1.96. The van der Waals surface area contributed by atoms with Gasteiger partial charge in [0.25, 0.3) is 0 Å². The smallest absolute Gasteiger partial charge is 0.674 e. The molecule has 2 unspecified atom stereocenters. The molecule has 0 bridgehead atoms. The minimum Gasteiger partial charge on any atom is -0.674 e. The molecule has 15 heteroatoms. The Balaban J connectivity index is -0.0000000342. The molecule has 0 heterocycles. The predicted molar refractivity (Wildman–Crippen MR) is 203 cm³/mol. The van der Waals surface area contributed by atoms with Crippen LogP contribution in [0.1, 0.15) is 146 Å². The summed E-state index contributed by atoms with van der Waals surface area (Å²) in [6.45, 7) is 4.69. The van der Waals surface area contributed by atoms with E-state index in [-0.39, 0.29) is 88.5 Å². The van der Waals surface area contributed by atoms with Gasteiger partial charge in [0.05, 0.1) is 0 Å². The Labute approximate surface area is 333 Å². The third kappa shape index (κ3) is 53.4. The molecular formula is C34H81BFe2N2O8P2-. The first-order valence-corrected chi connectivity index (χ1v) is 17.4. The van der Waals surface area contributed by atoms with E-state index >= 15 is 0 Å². The first kappa shape index (κ1) is 78.9. The minimum atomic E-state index is -3.15. The van der Waals surface area contributed by atoms with Gasteiger partial charge < -0.3 is 54.6 Å². The third-order valence-electron chi connectivity index (χ3n) is 8.42. The summed E-state index contributed by atoms with van der Waals surface area (Å²) in [6, 6.07) is 1.59. The van der Waals surface area contributed by atoms with Crippen LogP contribution in [0.15, 0.2) is 0 Å². The molecular weight excluding hydrogens is 749 g/mol. The zero-order valence-corrected chi connectivity index (χ0v) is 35.4. The predicted octanol–water partition coefficient (Wildman–Crippen LogP) is 8.88. The van der Waals surface area contributed by atoms with Crippen LogP contribution in [0.4, 0.5) is 0 Å². The molecule has 4 rings (SSSR count). The average molecular weight is 830 g/mol. The van der Waals surface area contributed by atoms with Crippen LogP contribution < -0.4 is 15.0 Å². The molecule has 0 aliphatic heterocycles. The van der Waals surface area contributed by atoms with Gasteiger partial charge in [-0.25, -0.2) is 9.93 Å². The third-order valence-corrected chi connectivity index (χ3v) is 8.68. The number of rotatable bonds is 6. The van der Waals surface area contributed by atoms with Crippen molar-refractivity contribution in [3.63, 3.8) is 0 Å². The van der Waals surface area contributed by atoms with Crippen molar-refractivity contribution >= 4 is 24.9 Å². The van der Waals surface area contributed by atoms with Crippen molar-refractivity contribution in [1.82, 2.24) is 9.80 Å². The van der Waals surface area contributed by atoms with E-state index in [9.17, 15) is 0 Å². The largest absolute Gasteiger partial charge is 2.00 e. The van der Waals surface area contributed by atoms with E-state index in [2.05, 4.69) is 61.2 Å². The maximum Gasteiger partial charge on any atom is 2.00 e. The number of hydrogen-bond acceptors (Lipinski definition) is 10. The van der Waals surface area contributed by atoms with Crippen molar-refractivity contribution in [2.45, 2.75) is 156 Å². The van der Waals surface area contributed by atoms with E-state index in [0.29, 0.717) is 0 Å². The van der Waals surface area contributed by atoms with E-state index < -0.39 is 16.5 Å². The molecule has 4 fully saturated rings. The molecule has 4 aliphatic rings. The molecule has 0 saturated heterocycles. The molecule has 0 spiro atoms. The van der Waals surface area contributed by atoms with Crippen LogP contribution in [0, 0.1) is 41.5 Å². The fourth-order valence-corrected chi connectivity index (χ4v) is 5.49. The fraction of sp³-hybridized carbons (Fsp3) is 0.882. The molecule has 10 nitrogen and oxygen atoms in total. The summed E-state index contributed by atoms with van der Waals surface area (Å²) in [7, 11) is 2.54. The Morgan fingerprint density at radius 3 is 0.857 bits per heavy atom. The number of hydrogen-bond donors (Lipinski definition) is 1. The van der Waals surface area contributed by atoms with Gasteiger partial charge in [0.15, 0.2) is 0 Å². The molecule has 305 valence electrons. The first-order valence-electron chi connectivity index (χ1n) is 15.2. The second-order valence-corrected chi connectivity index (χ2v) is 12.8. The Morgan fingerprint density at radius 2 is 0.755 bits per heavy atom. The quantitative estimate of drug-likeness (QED) is 0.0905. The van der Waals surface area contributed by atoms with Gasteiger partial charge in [0.2, 0.25) is 0 Å². The van der Waals surface area contributed by atoms with Gasteiger partial charge in [-0.2, -0.15) is 0 Å². The maximum absolute atomic E-state index is 8.93. The Bertz CT molecular complexity index is 546. The van der Waals surface area contributed by atoms with Crippen molar-refractivity contribution in [1.29, 1.82) is 0 Å². The molecule has 0 aromatic rings. The molecule has 0 aromatic carbocycles. The summed E-state index contributed by atoms with van der Waals surface area (Å²) in [4.78, 5) is 22.5. The molecule has 49 heavy (non-hydrogen) atoms.